The molecular formula is C44H32N2. The summed E-state index contributed by atoms with van der Waals surface area (Å²) >= 11 is 0. The van der Waals surface area contributed by atoms with Gasteiger partial charge in [0, 0.05) is 16.7 Å². The van der Waals surface area contributed by atoms with Gasteiger partial charge in [-0.15, -0.1) is 0 Å². The molecule has 6 aromatic carbocycles. The predicted molar refractivity (Wildman–Crippen MR) is 194 cm³/mol. The average molecular weight is 589 g/mol. The fourth-order valence-corrected chi connectivity index (χ4v) is 7.45. The Kier molecular flexibility index (Phi) is 6.38. The van der Waals surface area contributed by atoms with Gasteiger partial charge in [-0.05, 0) is 80.3 Å². The molecule has 2 aromatic heterocycles. The molecule has 8 aromatic rings. The summed E-state index contributed by atoms with van der Waals surface area (Å²) in [5, 5.41) is 10.2. The first-order valence-corrected chi connectivity index (χ1v) is 16.2. The van der Waals surface area contributed by atoms with Gasteiger partial charge >= 0.3 is 0 Å². The van der Waals surface area contributed by atoms with Crippen molar-refractivity contribution in [2.75, 3.05) is 0 Å². The molecule has 1 aliphatic carbocycles. The summed E-state index contributed by atoms with van der Waals surface area (Å²) in [6.45, 7) is 0. The van der Waals surface area contributed by atoms with Gasteiger partial charge in [0.05, 0.1) is 17.4 Å². The monoisotopic (exact) mass is 588 g/mol. The lowest BCUT2D eigenvalue weighted by atomic mass is 9.87. The van der Waals surface area contributed by atoms with Crippen LogP contribution in [0.25, 0.3) is 77.8 Å². The number of aromatic nitrogens is 2. The SMILES string of the molecule is C1=Cc2c(-c3ccc(-c4cc5ccccc5c5ccccc45)cc3)c(-c3ccccc3)n3ncc(-c4ccccc4)c3c2CCC1. The van der Waals surface area contributed by atoms with E-state index in [4.69, 9.17) is 5.10 Å². The van der Waals surface area contributed by atoms with E-state index < -0.39 is 0 Å². The Labute approximate surface area is 268 Å². The maximum absolute atomic E-state index is 5.12. The zero-order valence-corrected chi connectivity index (χ0v) is 25.5. The summed E-state index contributed by atoms with van der Waals surface area (Å²) in [4.78, 5) is 0. The van der Waals surface area contributed by atoms with Crippen LogP contribution in [0.4, 0.5) is 0 Å². The number of nitrogens with zero attached hydrogens (tertiary/aromatic N) is 2. The maximum atomic E-state index is 5.12. The van der Waals surface area contributed by atoms with Crippen LogP contribution in [0.2, 0.25) is 0 Å². The molecule has 9 rings (SSSR count). The van der Waals surface area contributed by atoms with E-state index in [1.54, 1.807) is 0 Å². The summed E-state index contributed by atoms with van der Waals surface area (Å²) in [5.74, 6) is 0. The van der Waals surface area contributed by atoms with Crippen molar-refractivity contribution in [2.24, 2.45) is 0 Å². The summed E-state index contributed by atoms with van der Waals surface area (Å²) in [7, 11) is 0. The third-order valence-corrected chi connectivity index (χ3v) is 9.56. The van der Waals surface area contributed by atoms with Crippen molar-refractivity contribution in [3.63, 3.8) is 0 Å². The number of benzene rings is 6. The second-order valence-electron chi connectivity index (χ2n) is 12.2. The Hall–Kier alpha value is -5.73. The zero-order valence-electron chi connectivity index (χ0n) is 25.5. The van der Waals surface area contributed by atoms with Crippen LogP contribution in [0.5, 0.6) is 0 Å². The highest BCUT2D eigenvalue weighted by Crippen LogP contribution is 2.44. The van der Waals surface area contributed by atoms with E-state index in [0.717, 1.165) is 30.5 Å². The summed E-state index contributed by atoms with van der Waals surface area (Å²) < 4.78 is 2.22. The molecule has 0 bridgehead atoms. The molecule has 0 fully saturated rings. The molecule has 0 N–H and O–H groups in total. The highest BCUT2D eigenvalue weighted by molar-refractivity contribution is 6.13. The number of hydrogen-bond donors (Lipinski definition) is 0. The summed E-state index contributed by atoms with van der Waals surface area (Å²) in [5.41, 5.74) is 13.5. The molecule has 218 valence electrons. The molecule has 46 heavy (non-hydrogen) atoms. The number of hydrogen-bond acceptors (Lipinski definition) is 1. The first kappa shape index (κ1) is 26.7. The van der Waals surface area contributed by atoms with Crippen molar-refractivity contribution < 1.29 is 0 Å². The Bertz CT molecular complexity index is 2410. The number of fused-ring (bicyclic) bond motifs is 6. The predicted octanol–water partition coefficient (Wildman–Crippen LogP) is 11.7. The molecule has 0 aliphatic heterocycles. The Morgan fingerprint density at radius 3 is 1.96 bits per heavy atom. The molecule has 0 atom stereocenters. The molecule has 0 radical (unpaired) electrons. The normalized spacial score (nSPS) is 12.9. The quantitative estimate of drug-likeness (QED) is 0.187. The lowest BCUT2D eigenvalue weighted by Gasteiger charge is -2.21. The molecule has 0 spiro atoms. The van der Waals surface area contributed by atoms with E-state index in [0.29, 0.717) is 0 Å². The Morgan fingerprint density at radius 2 is 1.17 bits per heavy atom. The molecule has 2 heteroatoms. The van der Waals surface area contributed by atoms with Gasteiger partial charge in [-0.3, -0.25) is 0 Å². The third kappa shape index (κ3) is 4.29. The Balaban J connectivity index is 1.30. The molecule has 0 unspecified atom stereocenters. The fourth-order valence-electron chi connectivity index (χ4n) is 7.45. The van der Waals surface area contributed by atoms with Crippen LogP contribution in [0.15, 0.2) is 152 Å². The van der Waals surface area contributed by atoms with Gasteiger partial charge in [0.25, 0.3) is 0 Å². The van der Waals surface area contributed by atoms with E-state index in [2.05, 4.69) is 162 Å². The topological polar surface area (TPSA) is 17.3 Å². The second kappa shape index (κ2) is 11.0. The van der Waals surface area contributed by atoms with E-state index in [9.17, 15) is 0 Å². The molecule has 0 amide bonds. The molecular weight excluding hydrogens is 556 g/mol. The van der Waals surface area contributed by atoms with Crippen LogP contribution in [0.1, 0.15) is 24.0 Å². The highest BCUT2D eigenvalue weighted by atomic mass is 15.2. The van der Waals surface area contributed by atoms with Gasteiger partial charge in [-0.2, -0.15) is 5.10 Å². The van der Waals surface area contributed by atoms with Crippen molar-refractivity contribution in [1.29, 1.82) is 0 Å². The Morgan fingerprint density at radius 1 is 0.543 bits per heavy atom. The largest absolute Gasteiger partial charge is 0.231 e. The highest BCUT2D eigenvalue weighted by Gasteiger charge is 2.25. The van der Waals surface area contributed by atoms with Crippen LogP contribution in [-0.4, -0.2) is 9.61 Å². The second-order valence-corrected chi connectivity index (χ2v) is 12.2. The molecule has 0 saturated heterocycles. The standard InChI is InChI=1S/C44H32N2/c1-4-14-30(15-5-1)41-29-45-46-43(33-16-6-2-7-17-33)42(38-22-8-3-9-23-39(38)44(41)46)32-26-24-31(25-27-32)40-28-34-18-10-11-19-35(34)36-20-12-13-21-37(36)40/h1-2,4-8,10-22,24-29H,3,9,23H2. The minimum atomic E-state index is 1.01. The van der Waals surface area contributed by atoms with Crippen LogP contribution < -0.4 is 0 Å². The molecule has 2 heterocycles. The summed E-state index contributed by atoms with van der Waals surface area (Å²) in [6.07, 6.45) is 10.00. The lowest BCUT2D eigenvalue weighted by Crippen LogP contribution is -2.05. The smallest absolute Gasteiger partial charge is 0.0809 e. The van der Waals surface area contributed by atoms with Gasteiger partial charge in [0.1, 0.15) is 0 Å². The van der Waals surface area contributed by atoms with Gasteiger partial charge < -0.3 is 0 Å². The molecule has 1 aliphatic rings. The van der Waals surface area contributed by atoms with E-state index in [1.165, 1.54) is 71.6 Å². The zero-order chi connectivity index (χ0) is 30.5. The van der Waals surface area contributed by atoms with Crippen molar-refractivity contribution in [3.05, 3.63) is 163 Å². The summed E-state index contributed by atoms with van der Waals surface area (Å²) in [6, 6.07) is 50.5. The minimum Gasteiger partial charge on any atom is -0.231 e. The van der Waals surface area contributed by atoms with Crippen LogP contribution in [-0.2, 0) is 6.42 Å². The number of pyridine rings is 1. The van der Waals surface area contributed by atoms with Crippen molar-refractivity contribution in [1.82, 2.24) is 9.61 Å². The van der Waals surface area contributed by atoms with Crippen molar-refractivity contribution >= 4 is 33.1 Å². The molecule has 0 saturated carbocycles. The third-order valence-electron chi connectivity index (χ3n) is 9.56. The van der Waals surface area contributed by atoms with E-state index >= 15 is 0 Å². The maximum Gasteiger partial charge on any atom is 0.0809 e. The lowest BCUT2D eigenvalue weighted by molar-refractivity contribution is 0.847. The first-order valence-electron chi connectivity index (χ1n) is 16.2. The number of allylic oxidation sites excluding steroid dienone is 1. The fraction of sp³-hybridized carbons (Fsp3) is 0.0682. The molecule has 2 nitrogen and oxygen atoms in total. The average Bonchev–Trinajstić information content (AvgIpc) is 3.42. The van der Waals surface area contributed by atoms with Gasteiger partial charge in [-0.25, -0.2) is 4.52 Å². The van der Waals surface area contributed by atoms with E-state index in [-0.39, 0.29) is 0 Å². The van der Waals surface area contributed by atoms with E-state index in [1.807, 2.05) is 0 Å². The van der Waals surface area contributed by atoms with Crippen molar-refractivity contribution in [3.8, 4) is 44.6 Å². The van der Waals surface area contributed by atoms with Crippen molar-refractivity contribution in [2.45, 2.75) is 19.3 Å². The van der Waals surface area contributed by atoms with Crippen LogP contribution in [0, 0.1) is 0 Å². The van der Waals surface area contributed by atoms with Gasteiger partial charge in [-0.1, -0.05) is 146 Å². The van der Waals surface area contributed by atoms with Crippen LogP contribution >= 0.6 is 0 Å². The van der Waals surface area contributed by atoms with Crippen LogP contribution in [0.3, 0.4) is 0 Å². The minimum absolute atomic E-state index is 1.01. The number of aryl methyl sites for hydroxylation is 1. The van der Waals surface area contributed by atoms with Gasteiger partial charge in [0.2, 0.25) is 0 Å². The number of rotatable bonds is 4. The first-order chi connectivity index (χ1) is 22.8. The van der Waals surface area contributed by atoms with Gasteiger partial charge in [0.15, 0.2) is 0 Å².